The Hall–Kier alpha value is -1.91. The van der Waals surface area contributed by atoms with Crippen molar-refractivity contribution < 1.29 is 14.0 Å². The number of nitrogens with one attached hydrogen (secondary N) is 1. The Labute approximate surface area is 123 Å². The van der Waals surface area contributed by atoms with Crippen LogP contribution in [0.5, 0.6) is 0 Å². The lowest BCUT2D eigenvalue weighted by molar-refractivity contribution is -0.130. The minimum atomic E-state index is -0.362. The van der Waals surface area contributed by atoms with Crippen LogP contribution in [0.15, 0.2) is 24.3 Å². The average molecular weight is 290 g/mol. The summed E-state index contributed by atoms with van der Waals surface area (Å²) in [7, 11) is 0. The van der Waals surface area contributed by atoms with Gasteiger partial charge in [-0.1, -0.05) is 13.0 Å². The lowest BCUT2D eigenvalue weighted by Gasteiger charge is -2.15. The van der Waals surface area contributed by atoms with Crippen LogP contribution in [-0.4, -0.2) is 29.8 Å². The number of likely N-dealkylation sites (tertiary alicyclic amines) is 1. The summed E-state index contributed by atoms with van der Waals surface area (Å²) in [5.74, 6) is -0.330. The number of amides is 2. The van der Waals surface area contributed by atoms with E-state index >= 15 is 0 Å². The Morgan fingerprint density at radius 2 is 2.29 bits per heavy atom. The van der Waals surface area contributed by atoms with E-state index in [-0.39, 0.29) is 29.0 Å². The van der Waals surface area contributed by atoms with Gasteiger partial charge in [0, 0.05) is 36.5 Å². The molecule has 3 rings (SSSR count). The first kappa shape index (κ1) is 14.0. The van der Waals surface area contributed by atoms with Crippen molar-refractivity contribution >= 4 is 17.5 Å². The molecule has 2 amide bonds. The summed E-state index contributed by atoms with van der Waals surface area (Å²) < 4.78 is 13.1. The van der Waals surface area contributed by atoms with E-state index in [0.29, 0.717) is 18.7 Å². The topological polar surface area (TPSA) is 49.4 Å². The maximum Gasteiger partial charge on any atom is 0.228 e. The molecule has 2 atom stereocenters. The van der Waals surface area contributed by atoms with Gasteiger partial charge >= 0.3 is 0 Å². The predicted octanol–water partition coefficient (Wildman–Crippen LogP) is 2.41. The molecular weight excluding hydrogens is 271 g/mol. The smallest absolute Gasteiger partial charge is 0.228 e. The van der Waals surface area contributed by atoms with E-state index in [0.717, 1.165) is 19.4 Å². The fraction of sp³-hybridized carbons (Fsp3) is 0.500. The second-order valence-electron chi connectivity index (χ2n) is 6.04. The molecule has 1 N–H and O–H groups in total. The van der Waals surface area contributed by atoms with Gasteiger partial charge in [-0.2, -0.15) is 0 Å². The summed E-state index contributed by atoms with van der Waals surface area (Å²) in [5.41, 5.74) is 0.448. The summed E-state index contributed by atoms with van der Waals surface area (Å²) in [6.07, 6.45) is 2.22. The Balaban J connectivity index is 1.60. The molecule has 1 aromatic carbocycles. The summed E-state index contributed by atoms with van der Waals surface area (Å²) in [4.78, 5) is 25.8. The van der Waals surface area contributed by atoms with Crippen molar-refractivity contribution in [2.24, 2.45) is 11.3 Å². The Morgan fingerprint density at radius 3 is 3.00 bits per heavy atom. The highest BCUT2D eigenvalue weighted by Gasteiger charge is 2.61. The van der Waals surface area contributed by atoms with Gasteiger partial charge < -0.3 is 10.2 Å². The van der Waals surface area contributed by atoms with Crippen molar-refractivity contribution in [3.05, 3.63) is 30.1 Å². The number of carbonyl (C=O) groups excluding carboxylic acids is 2. The number of benzene rings is 1. The van der Waals surface area contributed by atoms with Gasteiger partial charge in [0.05, 0.1) is 0 Å². The van der Waals surface area contributed by atoms with Crippen molar-refractivity contribution in [1.82, 2.24) is 4.90 Å². The van der Waals surface area contributed by atoms with Crippen molar-refractivity contribution in [3.8, 4) is 0 Å². The van der Waals surface area contributed by atoms with Crippen LogP contribution in [0.3, 0.4) is 0 Å². The molecule has 1 saturated heterocycles. The van der Waals surface area contributed by atoms with Crippen molar-refractivity contribution in [2.75, 3.05) is 18.4 Å². The molecule has 1 aliphatic heterocycles. The van der Waals surface area contributed by atoms with Crippen molar-refractivity contribution in [2.45, 2.75) is 26.2 Å². The predicted molar refractivity (Wildman–Crippen MR) is 77.1 cm³/mol. The molecule has 112 valence electrons. The van der Waals surface area contributed by atoms with Crippen LogP contribution in [0.1, 0.15) is 26.2 Å². The zero-order chi connectivity index (χ0) is 15.0. The van der Waals surface area contributed by atoms with Crippen LogP contribution in [-0.2, 0) is 9.59 Å². The molecule has 1 heterocycles. The molecule has 1 saturated carbocycles. The molecule has 1 aromatic rings. The standard InChI is InChI=1S/C16H19FN2O2/c1-2-14(20)19-7-6-16(10-19)9-13(16)15(21)18-12-5-3-4-11(17)8-12/h3-5,8,13H,2,6-7,9-10H2,1H3,(H,18,21)/t13-,16+/m1/s1. The van der Waals surface area contributed by atoms with Gasteiger partial charge in [-0.3, -0.25) is 9.59 Å². The van der Waals surface area contributed by atoms with E-state index < -0.39 is 0 Å². The first-order chi connectivity index (χ1) is 10.0. The van der Waals surface area contributed by atoms with Crippen LogP contribution in [0.4, 0.5) is 10.1 Å². The van der Waals surface area contributed by atoms with Gasteiger partial charge in [0.25, 0.3) is 0 Å². The fourth-order valence-corrected chi connectivity index (χ4v) is 3.30. The maximum absolute atomic E-state index is 13.1. The normalized spacial score (nSPS) is 27.0. The number of carbonyl (C=O) groups is 2. The zero-order valence-corrected chi connectivity index (χ0v) is 12.1. The minimum Gasteiger partial charge on any atom is -0.342 e. The Morgan fingerprint density at radius 1 is 1.48 bits per heavy atom. The highest BCUT2D eigenvalue weighted by atomic mass is 19.1. The monoisotopic (exact) mass is 290 g/mol. The third kappa shape index (κ3) is 2.64. The SMILES string of the molecule is CCC(=O)N1CC[C@]2(C[C@@H]2C(=O)Nc2cccc(F)c2)C1. The summed E-state index contributed by atoms with van der Waals surface area (Å²) >= 11 is 0. The number of rotatable bonds is 3. The molecule has 0 bridgehead atoms. The highest BCUT2D eigenvalue weighted by molar-refractivity contribution is 5.95. The largest absolute Gasteiger partial charge is 0.342 e. The van der Waals surface area contributed by atoms with Crippen molar-refractivity contribution in [1.29, 1.82) is 0 Å². The second kappa shape index (κ2) is 5.13. The number of nitrogens with zero attached hydrogens (tertiary/aromatic N) is 1. The molecule has 1 aliphatic carbocycles. The lowest BCUT2D eigenvalue weighted by atomic mass is 10.0. The summed E-state index contributed by atoms with van der Waals surface area (Å²) in [6, 6.07) is 5.91. The van der Waals surface area contributed by atoms with Crippen LogP contribution < -0.4 is 5.32 Å². The van der Waals surface area contributed by atoms with E-state index in [9.17, 15) is 14.0 Å². The van der Waals surface area contributed by atoms with Gasteiger partial charge in [0.15, 0.2) is 0 Å². The zero-order valence-electron chi connectivity index (χ0n) is 12.1. The van der Waals surface area contributed by atoms with Gasteiger partial charge in [0.2, 0.25) is 11.8 Å². The van der Waals surface area contributed by atoms with Gasteiger partial charge in [-0.25, -0.2) is 4.39 Å². The number of hydrogen-bond donors (Lipinski definition) is 1. The van der Waals surface area contributed by atoms with E-state index in [2.05, 4.69) is 5.32 Å². The molecule has 2 fully saturated rings. The second-order valence-corrected chi connectivity index (χ2v) is 6.04. The third-order valence-corrected chi connectivity index (χ3v) is 4.64. The molecule has 21 heavy (non-hydrogen) atoms. The van der Waals surface area contributed by atoms with Gasteiger partial charge in [-0.15, -0.1) is 0 Å². The van der Waals surface area contributed by atoms with E-state index in [1.807, 2.05) is 11.8 Å². The third-order valence-electron chi connectivity index (χ3n) is 4.64. The molecule has 5 heteroatoms. The molecule has 0 unspecified atom stereocenters. The first-order valence-electron chi connectivity index (χ1n) is 7.38. The molecule has 1 spiro atoms. The number of halogens is 1. The number of anilines is 1. The lowest BCUT2D eigenvalue weighted by Crippen LogP contribution is -2.29. The Bertz CT molecular complexity index is 589. The first-order valence-corrected chi connectivity index (χ1v) is 7.38. The van der Waals surface area contributed by atoms with Crippen molar-refractivity contribution in [3.63, 3.8) is 0 Å². The summed E-state index contributed by atoms with van der Waals surface area (Å²) in [5, 5.41) is 2.77. The number of hydrogen-bond acceptors (Lipinski definition) is 2. The highest BCUT2D eigenvalue weighted by Crippen LogP contribution is 2.58. The maximum atomic E-state index is 13.1. The quantitative estimate of drug-likeness (QED) is 0.929. The van der Waals surface area contributed by atoms with Gasteiger partial charge in [-0.05, 0) is 31.0 Å². The fourth-order valence-electron chi connectivity index (χ4n) is 3.30. The van der Waals surface area contributed by atoms with Crippen LogP contribution in [0.25, 0.3) is 0 Å². The van der Waals surface area contributed by atoms with E-state index in [4.69, 9.17) is 0 Å². The van der Waals surface area contributed by atoms with Gasteiger partial charge in [0.1, 0.15) is 5.82 Å². The molecule has 0 radical (unpaired) electrons. The molecule has 4 nitrogen and oxygen atoms in total. The van der Waals surface area contributed by atoms with Crippen LogP contribution in [0, 0.1) is 17.2 Å². The Kier molecular flexibility index (Phi) is 3.43. The van der Waals surface area contributed by atoms with Crippen LogP contribution >= 0.6 is 0 Å². The minimum absolute atomic E-state index is 0.0394. The molecular formula is C16H19FN2O2. The summed E-state index contributed by atoms with van der Waals surface area (Å²) in [6.45, 7) is 3.28. The van der Waals surface area contributed by atoms with Crippen LogP contribution in [0.2, 0.25) is 0 Å². The van der Waals surface area contributed by atoms with E-state index in [1.165, 1.54) is 12.1 Å². The average Bonchev–Trinajstić information content (AvgIpc) is 2.99. The van der Waals surface area contributed by atoms with E-state index in [1.54, 1.807) is 12.1 Å². The molecule has 2 aliphatic rings. The molecule has 0 aromatic heterocycles.